The molecule has 0 saturated carbocycles. The van der Waals surface area contributed by atoms with Crippen molar-refractivity contribution in [1.29, 1.82) is 0 Å². The van der Waals surface area contributed by atoms with Crippen molar-refractivity contribution in [2.45, 2.75) is 6.18 Å². The van der Waals surface area contributed by atoms with E-state index in [2.05, 4.69) is 9.97 Å². The van der Waals surface area contributed by atoms with Crippen LogP contribution in [0, 0.1) is 0 Å². The van der Waals surface area contributed by atoms with Gasteiger partial charge in [0.1, 0.15) is 11.3 Å². The number of fused-ring (bicyclic) bond motifs is 1. The number of halogens is 3. The number of methoxy groups -OCH3 is 2. The standard InChI is InChI=1S/C22H15F3N2O5/c1-29-18-11-19(30-2)27-21(26-18)31-14-6-7-15-16(10-20(28)32-17(15)9-14)12-4-3-5-13(8-12)22(23,24)25/h3-11H,1-2H3. The Morgan fingerprint density at radius 3 is 2.28 bits per heavy atom. The fourth-order valence-electron chi connectivity index (χ4n) is 3.05. The maximum atomic E-state index is 13.1. The lowest BCUT2D eigenvalue weighted by atomic mass is 10.00. The molecule has 0 fully saturated rings. The third kappa shape index (κ3) is 4.34. The van der Waals surface area contributed by atoms with E-state index >= 15 is 0 Å². The Kier molecular flexibility index (Phi) is 5.43. The predicted octanol–water partition coefficient (Wildman–Crippen LogP) is 5.08. The van der Waals surface area contributed by atoms with Crippen molar-refractivity contribution in [2.24, 2.45) is 0 Å². The predicted molar refractivity (Wildman–Crippen MR) is 108 cm³/mol. The molecule has 0 saturated heterocycles. The summed E-state index contributed by atoms with van der Waals surface area (Å²) in [5.74, 6) is 0.661. The van der Waals surface area contributed by atoms with Gasteiger partial charge in [-0.2, -0.15) is 23.1 Å². The van der Waals surface area contributed by atoms with Crippen LogP contribution in [0.2, 0.25) is 0 Å². The Morgan fingerprint density at radius 2 is 1.62 bits per heavy atom. The van der Waals surface area contributed by atoms with E-state index < -0.39 is 17.4 Å². The fourth-order valence-corrected chi connectivity index (χ4v) is 3.05. The van der Waals surface area contributed by atoms with Crippen LogP contribution in [0.4, 0.5) is 13.2 Å². The number of ether oxygens (including phenoxy) is 3. The van der Waals surface area contributed by atoms with E-state index in [0.717, 1.165) is 18.2 Å². The highest BCUT2D eigenvalue weighted by Gasteiger charge is 2.30. The zero-order chi connectivity index (χ0) is 22.9. The zero-order valence-electron chi connectivity index (χ0n) is 16.8. The van der Waals surface area contributed by atoms with Gasteiger partial charge in [0.15, 0.2) is 0 Å². The van der Waals surface area contributed by atoms with Crippen LogP contribution in [0.25, 0.3) is 22.1 Å². The summed E-state index contributed by atoms with van der Waals surface area (Å²) in [6, 6.07) is 11.8. The third-order valence-electron chi connectivity index (χ3n) is 4.50. The van der Waals surface area contributed by atoms with Crippen LogP contribution in [0.3, 0.4) is 0 Å². The lowest BCUT2D eigenvalue weighted by Gasteiger charge is -2.11. The molecule has 0 aliphatic heterocycles. The molecule has 0 aliphatic rings. The maximum absolute atomic E-state index is 13.1. The molecule has 4 aromatic rings. The van der Waals surface area contributed by atoms with Crippen molar-refractivity contribution in [3.8, 4) is 34.6 Å². The molecule has 2 aromatic heterocycles. The van der Waals surface area contributed by atoms with E-state index in [9.17, 15) is 18.0 Å². The molecule has 0 aliphatic carbocycles. The average Bonchev–Trinajstić information content (AvgIpc) is 2.77. The fraction of sp³-hybridized carbons (Fsp3) is 0.136. The van der Waals surface area contributed by atoms with Crippen molar-refractivity contribution in [3.05, 3.63) is 70.6 Å². The molecule has 0 N–H and O–H groups in total. The average molecular weight is 444 g/mol. The van der Waals surface area contributed by atoms with Crippen LogP contribution in [0.1, 0.15) is 5.56 Å². The zero-order valence-corrected chi connectivity index (χ0v) is 16.8. The molecule has 0 amide bonds. The minimum absolute atomic E-state index is 0.0723. The number of alkyl halides is 3. The van der Waals surface area contributed by atoms with Gasteiger partial charge in [0.25, 0.3) is 0 Å². The lowest BCUT2D eigenvalue weighted by molar-refractivity contribution is -0.137. The molecule has 2 aromatic carbocycles. The smallest absolute Gasteiger partial charge is 0.416 e. The lowest BCUT2D eigenvalue weighted by Crippen LogP contribution is -2.05. The Balaban J connectivity index is 1.77. The van der Waals surface area contributed by atoms with Gasteiger partial charge in [-0.25, -0.2) is 4.79 Å². The van der Waals surface area contributed by atoms with Gasteiger partial charge in [0.2, 0.25) is 11.8 Å². The van der Waals surface area contributed by atoms with Gasteiger partial charge >= 0.3 is 17.8 Å². The second kappa shape index (κ2) is 8.22. The van der Waals surface area contributed by atoms with Gasteiger partial charge in [-0.05, 0) is 35.4 Å². The first-order valence-electron chi connectivity index (χ1n) is 9.17. The van der Waals surface area contributed by atoms with Crippen LogP contribution in [-0.2, 0) is 6.18 Å². The highest BCUT2D eigenvalue weighted by Crippen LogP contribution is 2.35. The summed E-state index contributed by atoms with van der Waals surface area (Å²) < 4.78 is 60.4. The van der Waals surface area contributed by atoms with Crippen molar-refractivity contribution in [1.82, 2.24) is 9.97 Å². The molecule has 164 valence electrons. The van der Waals surface area contributed by atoms with Crippen LogP contribution in [0.5, 0.6) is 23.5 Å². The molecule has 32 heavy (non-hydrogen) atoms. The molecule has 0 unspecified atom stereocenters. The summed E-state index contributed by atoms with van der Waals surface area (Å²) in [5.41, 5.74) is -0.889. The topological polar surface area (TPSA) is 83.7 Å². The Hall–Kier alpha value is -4.08. The Bertz CT molecular complexity index is 1330. The second-order valence-corrected chi connectivity index (χ2v) is 6.55. The first-order chi connectivity index (χ1) is 15.3. The molecule has 10 heteroatoms. The summed E-state index contributed by atoms with van der Waals surface area (Å²) in [6.07, 6.45) is -4.51. The Labute approximate surface area is 179 Å². The second-order valence-electron chi connectivity index (χ2n) is 6.55. The summed E-state index contributed by atoms with van der Waals surface area (Å²) in [6.45, 7) is 0. The van der Waals surface area contributed by atoms with Gasteiger partial charge in [0.05, 0.1) is 25.8 Å². The number of benzene rings is 2. The van der Waals surface area contributed by atoms with Gasteiger partial charge in [-0.3, -0.25) is 0 Å². The monoisotopic (exact) mass is 444 g/mol. The minimum atomic E-state index is -4.51. The van der Waals surface area contributed by atoms with E-state index in [1.165, 1.54) is 38.5 Å². The molecule has 4 rings (SSSR count). The number of aromatic nitrogens is 2. The van der Waals surface area contributed by atoms with E-state index in [0.29, 0.717) is 10.9 Å². The van der Waals surface area contributed by atoms with E-state index in [1.807, 2.05) is 0 Å². The molecular formula is C22H15F3N2O5. The van der Waals surface area contributed by atoms with Gasteiger partial charge in [0, 0.05) is 17.5 Å². The number of rotatable bonds is 5. The summed E-state index contributed by atoms with van der Waals surface area (Å²) >= 11 is 0. The van der Waals surface area contributed by atoms with Crippen LogP contribution < -0.4 is 19.8 Å². The van der Waals surface area contributed by atoms with Gasteiger partial charge in [-0.1, -0.05) is 12.1 Å². The molecular weight excluding hydrogens is 429 g/mol. The van der Waals surface area contributed by atoms with Crippen LogP contribution >= 0.6 is 0 Å². The first kappa shape index (κ1) is 21.2. The van der Waals surface area contributed by atoms with Crippen molar-refractivity contribution in [2.75, 3.05) is 14.2 Å². The van der Waals surface area contributed by atoms with E-state index in [1.54, 1.807) is 12.1 Å². The maximum Gasteiger partial charge on any atom is 0.416 e. The Morgan fingerprint density at radius 1 is 0.906 bits per heavy atom. The summed E-state index contributed by atoms with van der Waals surface area (Å²) in [7, 11) is 2.84. The molecule has 0 bridgehead atoms. The largest absolute Gasteiger partial charge is 0.481 e. The molecule has 0 atom stereocenters. The quantitative estimate of drug-likeness (QED) is 0.397. The van der Waals surface area contributed by atoms with Crippen LogP contribution in [-0.4, -0.2) is 24.2 Å². The molecule has 7 nitrogen and oxygen atoms in total. The molecule has 0 spiro atoms. The first-order valence-corrected chi connectivity index (χ1v) is 9.17. The SMILES string of the molecule is COc1cc(OC)nc(Oc2ccc3c(-c4cccc(C(F)(F)F)c4)cc(=O)oc3c2)n1. The van der Waals surface area contributed by atoms with Crippen molar-refractivity contribution < 1.29 is 31.8 Å². The number of hydrogen-bond acceptors (Lipinski definition) is 7. The van der Waals surface area contributed by atoms with Crippen molar-refractivity contribution in [3.63, 3.8) is 0 Å². The minimum Gasteiger partial charge on any atom is -0.481 e. The third-order valence-corrected chi connectivity index (χ3v) is 4.50. The summed E-state index contributed by atoms with van der Waals surface area (Å²) in [4.78, 5) is 20.2. The number of hydrogen-bond donors (Lipinski definition) is 0. The number of nitrogens with zero attached hydrogens (tertiary/aromatic N) is 2. The van der Waals surface area contributed by atoms with Gasteiger partial charge < -0.3 is 18.6 Å². The molecule has 0 radical (unpaired) electrons. The van der Waals surface area contributed by atoms with E-state index in [4.69, 9.17) is 18.6 Å². The molecule has 2 heterocycles. The summed E-state index contributed by atoms with van der Waals surface area (Å²) in [5, 5.41) is 0.431. The van der Waals surface area contributed by atoms with Crippen molar-refractivity contribution >= 4 is 11.0 Å². The highest BCUT2D eigenvalue weighted by molar-refractivity contribution is 5.93. The van der Waals surface area contributed by atoms with E-state index in [-0.39, 0.29) is 34.7 Å². The highest BCUT2D eigenvalue weighted by atomic mass is 19.4. The normalized spacial score (nSPS) is 11.4. The van der Waals surface area contributed by atoms with Crippen LogP contribution in [0.15, 0.2) is 63.8 Å². The van der Waals surface area contributed by atoms with Gasteiger partial charge in [-0.15, -0.1) is 0 Å².